The summed E-state index contributed by atoms with van der Waals surface area (Å²) in [5.41, 5.74) is 0.789. The molecule has 1 N–H and O–H groups in total. The highest BCUT2D eigenvalue weighted by Crippen LogP contribution is 2.35. The van der Waals surface area contributed by atoms with Crippen LogP contribution < -0.4 is 5.32 Å². The lowest BCUT2D eigenvalue weighted by atomic mass is 9.79. The van der Waals surface area contributed by atoms with E-state index in [0.717, 1.165) is 30.2 Å². The molecule has 8 nitrogen and oxygen atoms in total. The zero-order valence-electron chi connectivity index (χ0n) is 14.6. The molecule has 0 spiro atoms. The van der Waals surface area contributed by atoms with Gasteiger partial charge in [0.25, 0.3) is 0 Å². The monoisotopic (exact) mass is 351 g/mol. The molecule has 26 heavy (non-hydrogen) atoms. The minimum absolute atomic E-state index is 0.0180. The molecule has 0 unspecified atom stereocenters. The molecular weight excluding hydrogens is 330 g/mol. The van der Waals surface area contributed by atoms with Gasteiger partial charge in [-0.3, -0.25) is 14.5 Å². The number of hydrogen-bond acceptors (Lipinski definition) is 5. The Hall–Kier alpha value is -3.03. The van der Waals surface area contributed by atoms with Gasteiger partial charge in [-0.05, 0) is 31.0 Å². The Labute approximate surface area is 151 Å². The molecule has 0 bridgehead atoms. The number of hydrogen-bond donors (Lipinski definition) is 1. The normalized spacial score (nSPS) is 19.1. The maximum Gasteiger partial charge on any atom is 0.226 e. The maximum atomic E-state index is 12.1. The standard InChI is InChI=1S/C18H21N7O/c1-24-16(12-25-8-4-7-20-25)22-23-18(24)13-9-15(10-13)21-17(26)11-14-5-2-3-6-19-14/h2-8,13,15H,9-12H2,1H3,(H,21,26). The van der Waals surface area contributed by atoms with E-state index in [4.69, 9.17) is 0 Å². The second-order valence-corrected chi connectivity index (χ2v) is 6.67. The number of carbonyl (C=O) groups is 1. The first-order valence-corrected chi connectivity index (χ1v) is 8.74. The van der Waals surface area contributed by atoms with E-state index < -0.39 is 0 Å². The summed E-state index contributed by atoms with van der Waals surface area (Å²) in [5, 5.41) is 15.9. The summed E-state index contributed by atoms with van der Waals surface area (Å²) in [6.07, 6.45) is 7.46. The molecule has 1 aliphatic rings. The summed E-state index contributed by atoms with van der Waals surface area (Å²) in [7, 11) is 1.99. The number of rotatable bonds is 6. The van der Waals surface area contributed by atoms with Crippen molar-refractivity contribution in [3.05, 3.63) is 60.2 Å². The van der Waals surface area contributed by atoms with Crippen LogP contribution in [0.1, 0.15) is 36.1 Å². The molecule has 1 saturated carbocycles. The number of aromatic nitrogens is 6. The van der Waals surface area contributed by atoms with Crippen molar-refractivity contribution in [1.29, 1.82) is 0 Å². The van der Waals surface area contributed by atoms with Crippen LogP contribution in [-0.2, 0) is 24.8 Å². The van der Waals surface area contributed by atoms with Gasteiger partial charge in [0.2, 0.25) is 5.91 Å². The quantitative estimate of drug-likeness (QED) is 0.717. The van der Waals surface area contributed by atoms with Gasteiger partial charge in [0.05, 0.1) is 6.42 Å². The van der Waals surface area contributed by atoms with Crippen molar-refractivity contribution in [3.8, 4) is 0 Å². The van der Waals surface area contributed by atoms with E-state index in [2.05, 4.69) is 25.6 Å². The molecule has 0 saturated heterocycles. The SMILES string of the molecule is Cn1c(Cn2cccn2)nnc1C1CC(NC(=O)Cc2ccccn2)C1. The molecule has 4 rings (SSSR count). The third kappa shape index (κ3) is 3.49. The van der Waals surface area contributed by atoms with E-state index in [1.165, 1.54) is 0 Å². The Kier molecular flexibility index (Phi) is 4.47. The van der Waals surface area contributed by atoms with Gasteiger partial charge in [-0.15, -0.1) is 10.2 Å². The summed E-state index contributed by atoms with van der Waals surface area (Å²) < 4.78 is 3.87. The van der Waals surface area contributed by atoms with Gasteiger partial charge in [-0.25, -0.2) is 0 Å². The minimum atomic E-state index is 0.0180. The van der Waals surface area contributed by atoms with Gasteiger partial charge < -0.3 is 9.88 Å². The van der Waals surface area contributed by atoms with Gasteiger partial charge in [0, 0.05) is 43.3 Å². The number of carbonyl (C=O) groups excluding carboxylic acids is 1. The topological polar surface area (TPSA) is 90.5 Å². The van der Waals surface area contributed by atoms with Crippen molar-refractivity contribution >= 4 is 5.91 Å². The van der Waals surface area contributed by atoms with E-state index in [1.54, 1.807) is 12.4 Å². The second kappa shape index (κ2) is 7.07. The summed E-state index contributed by atoms with van der Waals surface area (Å²) in [6, 6.07) is 7.69. The Morgan fingerprint density at radius 3 is 2.85 bits per heavy atom. The zero-order valence-corrected chi connectivity index (χ0v) is 14.6. The van der Waals surface area contributed by atoms with Crippen LogP contribution in [-0.4, -0.2) is 41.5 Å². The predicted octanol–water partition coefficient (Wildman–Crippen LogP) is 1.06. The third-order valence-corrected chi connectivity index (χ3v) is 4.80. The fourth-order valence-corrected chi connectivity index (χ4v) is 3.30. The van der Waals surface area contributed by atoms with E-state index in [-0.39, 0.29) is 11.9 Å². The molecule has 3 aromatic rings. The van der Waals surface area contributed by atoms with Crippen LogP contribution in [0.15, 0.2) is 42.9 Å². The predicted molar refractivity (Wildman–Crippen MR) is 94.2 cm³/mol. The van der Waals surface area contributed by atoms with Crippen LogP contribution >= 0.6 is 0 Å². The molecular formula is C18H21N7O. The molecule has 0 radical (unpaired) electrons. The van der Waals surface area contributed by atoms with Crippen LogP contribution in [0.4, 0.5) is 0 Å². The van der Waals surface area contributed by atoms with E-state index >= 15 is 0 Å². The Balaban J connectivity index is 1.29. The number of nitrogens with zero attached hydrogens (tertiary/aromatic N) is 6. The van der Waals surface area contributed by atoms with E-state index in [0.29, 0.717) is 18.9 Å². The van der Waals surface area contributed by atoms with Crippen LogP contribution in [0.5, 0.6) is 0 Å². The largest absolute Gasteiger partial charge is 0.353 e. The first kappa shape index (κ1) is 16.4. The smallest absolute Gasteiger partial charge is 0.226 e. The number of amides is 1. The highest BCUT2D eigenvalue weighted by molar-refractivity contribution is 5.78. The van der Waals surface area contributed by atoms with Gasteiger partial charge in [0.15, 0.2) is 5.82 Å². The van der Waals surface area contributed by atoms with Crippen molar-refractivity contribution in [3.63, 3.8) is 0 Å². The molecule has 0 aromatic carbocycles. The average Bonchev–Trinajstić information content (AvgIpc) is 3.23. The number of pyridine rings is 1. The maximum absolute atomic E-state index is 12.1. The molecule has 0 atom stereocenters. The van der Waals surface area contributed by atoms with E-state index in [9.17, 15) is 4.79 Å². The molecule has 3 heterocycles. The van der Waals surface area contributed by atoms with Crippen molar-refractivity contribution in [2.24, 2.45) is 7.05 Å². The van der Waals surface area contributed by atoms with Crippen LogP contribution in [0.25, 0.3) is 0 Å². The Morgan fingerprint density at radius 2 is 2.12 bits per heavy atom. The lowest BCUT2D eigenvalue weighted by molar-refractivity contribution is -0.121. The van der Waals surface area contributed by atoms with Crippen molar-refractivity contribution in [2.45, 2.75) is 37.8 Å². The fraction of sp³-hybridized carbons (Fsp3) is 0.389. The average molecular weight is 351 g/mol. The molecule has 8 heteroatoms. The van der Waals surface area contributed by atoms with Crippen LogP contribution in [0.2, 0.25) is 0 Å². The summed E-state index contributed by atoms with van der Waals surface area (Å²) in [4.78, 5) is 16.3. The molecule has 1 aliphatic carbocycles. The molecule has 0 aliphatic heterocycles. The summed E-state index contributed by atoms with van der Waals surface area (Å²) >= 11 is 0. The van der Waals surface area contributed by atoms with Crippen LogP contribution in [0, 0.1) is 0 Å². The minimum Gasteiger partial charge on any atom is -0.353 e. The zero-order chi connectivity index (χ0) is 17.9. The van der Waals surface area contributed by atoms with Gasteiger partial charge in [0.1, 0.15) is 12.4 Å². The Morgan fingerprint density at radius 1 is 1.23 bits per heavy atom. The summed E-state index contributed by atoms with van der Waals surface area (Å²) in [5.74, 6) is 2.21. The first-order valence-electron chi connectivity index (χ1n) is 8.74. The number of nitrogens with one attached hydrogen (secondary N) is 1. The third-order valence-electron chi connectivity index (χ3n) is 4.80. The molecule has 134 valence electrons. The highest BCUT2D eigenvalue weighted by Gasteiger charge is 2.34. The molecule has 3 aromatic heterocycles. The van der Waals surface area contributed by atoms with Crippen molar-refractivity contribution < 1.29 is 4.79 Å². The molecule has 1 fully saturated rings. The van der Waals surface area contributed by atoms with E-state index in [1.807, 2.05) is 46.8 Å². The fourth-order valence-electron chi connectivity index (χ4n) is 3.30. The first-order chi connectivity index (χ1) is 12.7. The van der Waals surface area contributed by atoms with Gasteiger partial charge in [-0.1, -0.05) is 6.07 Å². The highest BCUT2D eigenvalue weighted by atomic mass is 16.1. The summed E-state index contributed by atoms with van der Waals surface area (Å²) in [6.45, 7) is 0.605. The lowest BCUT2D eigenvalue weighted by Gasteiger charge is -2.35. The lowest BCUT2D eigenvalue weighted by Crippen LogP contribution is -2.44. The van der Waals surface area contributed by atoms with Gasteiger partial charge in [-0.2, -0.15) is 5.10 Å². The van der Waals surface area contributed by atoms with Crippen molar-refractivity contribution in [1.82, 2.24) is 34.8 Å². The Bertz CT molecular complexity index is 866. The second-order valence-electron chi connectivity index (χ2n) is 6.67. The van der Waals surface area contributed by atoms with Crippen LogP contribution in [0.3, 0.4) is 0 Å². The van der Waals surface area contributed by atoms with Crippen molar-refractivity contribution in [2.75, 3.05) is 0 Å². The molecule has 1 amide bonds. The van der Waals surface area contributed by atoms with Gasteiger partial charge >= 0.3 is 0 Å².